The molecule has 0 bridgehead atoms. The number of alkyl halides is 3. The molecule has 0 radical (unpaired) electrons. The molecule has 4 N–H and O–H groups in total. The Bertz CT molecular complexity index is 1360. The number of nitrogens with two attached hydrogens (primary N) is 1. The summed E-state index contributed by atoms with van der Waals surface area (Å²) in [5, 5.41) is 7.63. The van der Waals surface area contributed by atoms with Crippen LogP contribution in [-0.4, -0.2) is 73.2 Å². The van der Waals surface area contributed by atoms with E-state index in [9.17, 15) is 27.2 Å². The number of carbonyl (C=O) groups is 2. The van der Waals surface area contributed by atoms with Crippen LogP contribution >= 0.6 is 0 Å². The molecule has 1 aromatic heterocycles. The molecule has 0 spiro atoms. The van der Waals surface area contributed by atoms with Gasteiger partial charge in [-0.05, 0) is 35.6 Å². The first kappa shape index (κ1) is 30.2. The van der Waals surface area contributed by atoms with Crippen molar-refractivity contribution in [2.45, 2.75) is 43.8 Å². The van der Waals surface area contributed by atoms with Gasteiger partial charge in [-0.1, -0.05) is 42.5 Å². The first-order valence-electron chi connectivity index (χ1n) is 13.0. The lowest BCUT2D eigenvalue weighted by Gasteiger charge is -2.31. The van der Waals surface area contributed by atoms with Gasteiger partial charge in [-0.2, -0.15) is 13.2 Å². The second kappa shape index (κ2) is 13.2. The Morgan fingerprint density at radius 2 is 1.98 bits per heavy atom. The zero-order chi connectivity index (χ0) is 29.6. The molecule has 1 aliphatic heterocycles. The number of halogens is 4. The van der Waals surface area contributed by atoms with Gasteiger partial charge < -0.3 is 25.4 Å². The highest BCUT2D eigenvalue weighted by Gasteiger charge is 2.33. The van der Waals surface area contributed by atoms with Crippen molar-refractivity contribution in [2.24, 2.45) is 5.73 Å². The molecule has 220 valence electrons. The Morgan fingerprint density at radius 1 is 1.22 bits per heavy atom. The van der Waals surface area contributed by atoms with Crippen LogP contribution in [0.1, 0.15) is 17.5 Å². The van der Waals surface area contributed by atoms with E-state index in [0.717, 1.165) is 29.6 Å². The van der Waals surface area contributed by atoms with Crippen LogP contribution in [0.15, 0.2) is 54.9 Å². The van der Waals surface area contributed by atoms with Gasteiger partial charge in [0.05, 0.1) is 36.8 Å². The number of benzene rings is 2. The van der Waals surface area contributed by atoms with Crippen molar-refractivity contribution in [1.29, 1.82) is 0 Å². The SMILES string of the molecule is CN(CC(F)(F)F)C(=O)O[C@H]1CO[C@H](CCc2c(F)cncc2NC(=O)[C@@H](N)Cc2cccc3ccccc23)CN1. The summed E-state index contributed by atoms with van der Waals surface area (Å²) < 4.78 is 62.8. The van der Waals surface area contributed by atoms with Crippen molar-refractivity contribution in [2.75, 3.05) is 32.1 Å². The lowest BCUT2D eigenvalue weighted by molar-refractivity contribution is -0.143. The van der Waals surface area contributed by atoms with Gasteiger partial charge in [0.15, 0.2) is 6.23 Å². The summed E-state index contributed by atoms with van der Waals surface area (Å²) in [6.07, 6.45) is -3.79. The number of rotatable bonds is 9. The van der Waals surface area contributed by atoms with Crippen LogP contribution in [-0.2, 0) is 27.1 Å². The molecule has 3 atom stereocenters. The Labute approximate surface area is 234 Å². The average molecular weight is 578 g/mol. The first-order valence-corrected chi connectivity index (χ1v) is 13.0. The highest BCUT2D eigenvalue weighted by Crippen LogP contribution is 2.23. The van der Waals surface area contributed by atoms with Gasteiger partial charge in [0.25, 0.3) is 0 Å². The molecule has 2 amide bonds. The third-order valence-corrected chi connectivity index (χ3v) is 6.66. The summed E-state index contributed by atoms with van der Waals surface area (Å²) in [6, 6.07) is 12.7. The van der Waals surface area contributed by atoms with E-state index in [1.165, 1.54) is 6.20 Å². The number of hydrogen-bond acceptors (Lipinski definition) is 7. The van der Waals surface area contributed by atoms with E-state index >= 15 is 0 Å². The van der Waals surface area contributed by atoms with Gasteiger partial charge >= 0.3 is 12.3 Å². The van der Waals surface area contributed by atoms with E-state index in [-0.39, 0.29) is 37.2 Å². The second-order valence-electron chi connectivity index (χ2n) is 9.83. The molecule has 9 nitrogen and oxygen atoms in total. The summed E-state index contributed by atoms with van der Waals surface area (Å²) in [5.41, 5.74) is 7.57. The number of carbonyl (C=O) groups excluding carboxylic acids is 2. The third-order valence-electron chi connectivity index (χ3n) is 6.66. The van der Waals surface area contributed by atoms with Gasteiger partial charge in [0.1, 0.15) is 12.4 Å². The molecule has 0 aliphatic carbocycles. The molecule has 1 fully saturated rings. The Morgan fingerprint density at radius 3 is 2.71 bits per heavy atom. The average Bonchev–Trinajstić information content (AvgIpc) is 2.93. The number of aromatic nitrogens is 1. The standard InChI is InChI=1S/C28H31F4N5O4/c1-37(16-28(30,31)32)27(39)41-25-15-40-19(12-35-25)9-10-21-22(29)13-34-14-24(21)36-26(38)23(33)11-18-7-4-6-17-5-2-3-8-20(17)18/h2-8,13-14,19,23,25,35H,9-12,15-16,33H2,1H3,(H,36,38)/t19-,23+,25+/m1/s1. The number of hydrogen-bond donors (Lipinski definition) is 3. The molecule has 41 heavy (non-hydrogen) atoms. The van der Waals surface area contributed by atoms with E-state index in [4.69, 9.17) is 15.2 Å². The number of morpholine rings is 1. The minimum atomic E-state index is -4.54. The third kappa shape index (κ3) is 8.35. The molecular formula is C28H31F4N5O4. The first-order chi connectivity index (χ1) is 19.5. The van der Waals surface area contributed by atoms with Crippen molar-refractivity contribution in [3.05, 3.63) is 71.8 Å². The maximum absolute atomic E-state index is 14.7. The molecule has 1 aliphatic rings. The number of anilines is 1. The molecule has 1 saturated heterocycles. The zero-order valence-corrected chi connectivity index (χ0v) is 22.3. The summed E-state index contributed by atoms with van der Waals surface area (Å²) >= 11 is 0. The van der Waals surface area contributed by atoms with E-state index in [1.807, 2.05) is 42.5 Å². The van der Waals surface area contributed by atoms with E-state index in [1.54, 1.807) is 0 Å². The van der Waals surface area contributed by atoms with Crippen molar-refractivity contribution >= 4 is 28.5 Å². The molecule has 4 rings (SSSR count). The van der Waals surface area contributed by atoms with Crippen molar-refractivity contribution in [3.8, 4) is 0 Å². The summed E-state index contributed by atoms with van der Waals surface area (Å²) in [5.74, 6) is -1.09. The minimum absolute atomic E-state index is 0.0955. The summed E-state index contributed by atoms with van der Waals surface area (Å²) in [6.45, 7) is -1.32. The maximum Gasteiger partial charge on any atom is 0.411 e. The van der Waals surface area contributed by atoms with E-state index in [2.05, 4.69) is 15.6 Å². The van der Waals surface area contributed by atoms with Crippen LogP contribution in [0, 0.1) is 5.82 Å². The number of pyridine rings is 1. The normalized spacial score (nSPS) is 18.1. The largest absolute Gasteiger partial charge is 0.428 e. The molecule has 13 heteroatoms. The molecule has 0 saturated carbocycles. The Kier molecular flexibility index (Phi) is 9.73. The van der Waals surface area contributed by atoms with Crippen LogP contribution < -0.4 is 16.4 Å². The van der Waals surface area contributed by atoms with Crippen LogP contribution in [0.2, 0.25) is 0 Å². The lowest BCUT2D eigenvalue weighted by Crippen LogP contribution is -2.50. The van der Waals surface area contributed by atoms with Crippen LogP contribution in [0.4, 0.5) is 28.0 Å². The zero-order valence-electron chi connectivity index (χ0n) is 22.3. The van der Waals surface area contributed by atoms with Gasteiger partial charge in [-0.25, -0.2) is 9.18 Å². The smallest absolute Gasteiger partial charge is 0.411 e. The summed E-state index contributed by atoms with van der Waals surface area (Å²) in [4.78, 5) is 29.1. The highest BCUT2D eigenvalue weighted by atomic mass is 19.4. The Hall–Kier alpha value is -3.81. The summed E-state index contributed by atoms with van der Waals surface area (Å²) in [7, 11) is 0.985. The van der Waals surface area contributed by atoms with Gasteiger partial charge in [-0.3, -0.25) is 15.1 Å². The number of nitrogens with zero attached hydrogens (tertiary/aromatic N) is 2. The van der Waals surface area contributed by atoms with E-state index < -0.39 is 48.9 Å². The fraction of sp³-hybridized carbons (Fsp3) is 0.393. The number of fused-ring (bicyclic) bond motifs is 1. The van der Waals surface area contributed by atoms with Gasteiger partial charge in [0.2, 0.25) is 5.91 Å². The van der Waals surface area contributed by atoms with E-state index in [0.29, 0.717) is 11.3 Å². The van der Waals surface area contributed by atoms with Crippen LogP contribution in [0.5, 0.6) is 0 Å². The van der Waals surface area contributed by atoms with Gasteiger partial charge in [-0.15, -0.1) is 0 Å². The predicted molar refractivity (Wildman–Crippen MR) is 143 cm³/mol. The van der Waals surface area contributed by atoms with Gasteiger partial charge in [0, 0.05) is 19.2 Å². The fourth-order valence-electron chi connectivity index (χ4n) is 4.56. The molecule has 0 unspecified atom stereocenters. The lowest BCUT2D eigenvalue weighted by atomic mass is 9.98. The maximum atomic E-state index is 14.7. The van der Waals surface area contributed by atoms with Crippen molar-refractivity contribution < 1.29 is 36.6 Å². The number of ether oxygens (including phenoxy) is 2. The minimum Gasteiger partial charge on any atom is -0.428 e. The second-order valence-corrected chi connectivity index (χ2v) is 9.83. The number of amides is 2. The molecule has 3 aromatic rings. The molecule has 2 aromatic carbocycles. The molecule has 2 heterocycles. The highest BCUT2D eigenvalue weighted by molar-refractivity contribution is 5.96. The molecular weight excluding hydrogens is 546 g/mol. The van der Waals surface area contributed by atoms with Crippen LogP contribution in [0.3, 0.4) is 0 Å². The van der Waals surface area contributed by atoms with Crippen molar-refractivity contribution in [1.82, 2.24) is 15.2 Å². The number of nitrogens with one attached hydrogen (secondary N) is 2. The van der Waals surface area contributed by atoms with Crippen LogP contribution in [0.25, 0.3) is 10.8 Å². The fourth-order valence-corrected chi connectivity index (χ4v) is 4.56. The quantitative estimate of drug-likeness (QED) is 0.332. The van der Waals surface area contributed by atoms with Crippen molar-refractivity contribution in [3.63, 3.8) is 0 Å². The topological polar surface area (TPSA) is 119 Å². The Balaban J connectivity index is 1.30. The monoisotopic (exact) mass is 577 g/mol. The predicted octanol–water partition coefficient (Wildman–Crippen LogP) is 3.76.